The van der Waals surface area contributed by atoms with E-state index in [9.17, 15) is 9.59 Å². The van der Waals surface area contributed by atoms with Crippen LogP contribution >= 0.6 is 0 Å². The number of aromatic amines is 2. The van der Waals surface area contributed by atoms with Gasteiger partial charge in [-0.15, -0.1) is 0 Å². The number of benzene rings is 1. The van der Waals surface area contributed by atoms with Crippen molar-refractivity contribution in [1.82, 2.24) is 20.3 Å². The predicted molar refractivity (Wildman–Crippen MR) is 114 cm³/mol. The molecule has 0 fully saturated rings. The molecular formula is C21H29N5O2. The standard InChI is InChI=1S/C19H23N5O2.C2H6/c1-2-3-10-21-17(25)13-7-4-12(5-8-13)6-9-14-11-22-16-15(14)18(26)24-19(20)23-16;1-2/h4-5,7-8,11H,2-3,6,9-10H2,1H3,(H,21,25)(H4,20,22,23,24,26);1-2H3. The van der Waals surface area contributed by atoms with Crippen molar-refractivity contribution in [3.63, 3.8) is 0 Å². The van der Waals surface area contributed by atoms with E-state index < -0.39 is 0 Å². The Hall–Kier alpha value is -3.09. The largest absolute Gasteiger partial charge is 0.369 e. The Balaban J connectivity index is 0.00000136. The van der Waals surface area contributed by atoms with E-state index in [1.54, 1.807) is 6.20 Å². The number of hydrogen-bond donors (Lipinski definition) is 4. The second kappa shape index (κ2) is 10.3. The molecule has 2 aromatic heterocycles. The van der Waals surface area contributed by atoms with Crippen LogP contribution in [0.2, 0.25) is 0 Å². The lowest BCUT2D eigenvalue weighted by Gasteiger charge is -2.06. The minimum Gasteiger partial charge on any atom is -0.369 e. The molecule has 0 bridgehead atoms. The first-order chi connectivity index (χ1) is 13.6. The van der Waals surface area contributed by atoms with E-state index in [0.717, 1.165) is 30.4 Å². The van der Waals surface area contributed by atoms with Crippen LogP contribution in [0.25, 0.3) is 11.0 Å². The molecule has 0 atom stereocenters. The SMILES string of the molecule is CC.CCCCNC(=O)c1ccc(CCc2c[nH]c3nc(N)[nH]c(=O)c23)cc1. The first-order valence-corrected chi connectivity index (χ1v) is 9.81. The Kier molecular flexibility index (Phi) is 7.80. The number of aromatic nitrogens is 3. The normalized spacial score (nSPS) is 10.4. The molecule has 28 heavy (non-hydrogen) atoms. The average Bonchev–Trinajstić information content (AvgIpc) is 3.11. The van der Waals surface area contributed by atoms with Crippen molar-refractivity contribution >= 4 is 22.9 Å². The number of carbonyl (C=O) groups excluding carboxylic acids is 1. The van der Waals surface area contributed by atoms with Crippen molar-refractivity contribution in [1.29, 1.82) is 0 Å². The Morgan fingerprint density at radius 2 is 1.89 bits per heavy atom. The highest BCUT2D eigenvalue weighted by atomic mass is 16.1. The zero-order valence-electron chi connectivity index (χ0n) is 16.8. The molecule has 5 N–H and O–H groups in total. The number of aryl methyl sites for hydroxylation is 2. The van der Waals surface area contributed by atoms with Gasteiger partial charge in [-0.2, -0.15) is 4.98 Å². The second-order valence-corrected chi connectivity index (χ2v) is 6.30. The molecule has 0 aliphatic heterocycles. The molecule has 0 aliphatic rings. The van der Waals surface area contributed by atoms with Gasteiger partial charge in [0.05, 0.1) is 5.39 Å². The quantitative estimate of drug-likeness (QED) is 0.469. The fraction of sp³-hybridized carbons (Fsp3) is 0.381. The van der Waals surface area contributed by atoms with Crippen LogP contribution in [-0.2, 0) is 12.8 Å². The van der Waals surface area contributed by atoms with Crippen molar-refractivity contribution in [2.75, 3.05) is 12.3 Å². The number of H-pyrrole nitrogens is 2. The maximum Gasteiger partial charge on any atom is 0.262 e. The van der Waals surface area contributed by atoms with Crippen LogP contribution in [-0.4, -0.2) is 27.4 Å². The maximum atomic E-state index is 12.1. The van der Waals surface area contributed by atoms with Gasteiger partial charge in [-0.25, -0.2) is 0 Å². The summed E-state index contributed by atoms with van der Waals surface area (Å²) in [7, 11) is 0. The third kappa shape index (κ3) is 5.22. The predicted octanol–water partition coefficient (Wildman–Crippen LogP) is 3.17. The zero-order chi connectivity index (χ0) is 20.5. The summed E-state index contributed by atoms with van der Waals surface area (Å²) in [6, 6.07) is 7.57. The number of carbonyl (C=O) groups is 1. The number of nitrogen functional groups attached to an aromatic ring is 1. The summed E-state index contributed by atoms with van der Waals surface area (Å²) in [5.74, 6) is 0.0560. The van der Waals surface area contributed by atoms with E-state index in [2.05, 4.69) is 27.2 Å². The molecule has 0 saturated carbocycles. The van der Waals surface area contributed by atoms with Gasteiger partial charge in [-0.3, -0.25) is 14.6 Å². The van der Waals surface area contributed by atoms with Crippen LogP contribution in [0.5, 0.6) is 0 Å². The average molecular weight is 383 g/mol. The van der Waals surface area contributed by atoms with Crippen molar-refractivity contribution in [3.05, 3.63) is 57.5 Å². The van der Waals surface area contributed by atoms with E-state index in [-0.39, 0.29) is 17.4 Å². The van der Waals surface area contributed by atoms with Crippen LogP contribution < -0.4 is 16.6 Å². The van der Waals surface area contributed by atoms with Crippen molar-refractivity contribution in [3.8, 4) is 0 Å². The number of nitrogens with two attached hydrogens (primary N) is 1. The highest BCUT2D eigenvalue weighted by molar-refractivity contribution is 5.94. The summed E-state index contributed by atoms with van der Waals surface area (Å²) in [5.41, 5.74) is 8.48. The van der Waals surface area contributed by atoms with Gasteiger partial charge in [0.2, 0.25) is 5.95 Å². The number of anilines is 1. The van der Waals surface area contributed by atoms with Gasteiger partial charge in [-0.1, -0.05) is 39.3 Å². The minimum atomic E-state index is -0.233. The maximum absolute atomic E-state index is 12.1. The smallest absolute Gasteiger partial charge is 0.262 e. The van der Waals surface area contributed by atoms with Crippen LogP contribution in [0.3, 0.4) is 0 Å². The number of fused-ring (bicyclic) bond motifs is 1. The fourth-order valence-corrected chi connectivity index (χ4v) is 2.90. The lowest BCUT2D eigenvalue weighted by atomic mass is 10.0. The highest BCUT2D eigenvalue weighted by Crippen LogP contribution is 2.16. The topological polar surface area (TPSA) is 117 Å². The van der Waals surface area contributed by atoms with Gasteiger partial charge in [0.15, 0.2) is 0 Å². The lowest BCUT2D eigenvalue weighted by Crippen LogP contribution is -2.24. The fourth-order valence-electron chi connectivity index (χ4n) is 2.90. The molecule has 0 unspecified atom stereocenters. The van der Waals surface area contributed by atoms with E-state index in [4.69, 9.17) is 5.73 Å². The molecule has 0 radical (unpaired) electrons. The summed E-state index contributed by atoms with van der Waals surface area (Å²) in [4.78, 5) is 33.7. The Morgan fingerprint density at radius 1 is 1.18 bits per heavy atom. The summed E-state index contributed by atoms with van der Waals surface area (Å²) in [6.45, 7) is 6.79. The molecule has 2 heterocycles. The number of amides is 1. The van der Waals surface area contributed by atoms with Gasteiger partial charge in [0.25, 0.3) is 11.5 Å². The summed E-state index contributed by atoms with van der Waals surface area (Å²) in [6.07, 6.45) is 5.28. The van der Waals surface area contributed by atoms with E-state index in [0.29, 0.717) is 29.6 Å². The van der Waals surface area contributed by atoms with Crippen LogP contribution in [0, 0.1) is 0 Å². The molecule has 0 spiro atoms. The molecule has 1 amide bonds. The molecule has 3 rings (SSSR count). The molecule has 3 aromatic rings. The number of rotatable bonds is 7. The third-order valence-electron chi connectivity index (χ3n) is 4.36. The first-order valence-electron chi connectivity index (χ1n) is 9.81. The van der Waals surface area contributed by atoms with Crippen LogP contribution in [0.15, 0.2) is 35.3 Å². The number of unbranched alkanes of at least 4 members (excludes halogenated alkanes) is 1. The molecule has 1 aromatic carbocycles. The van der Waals surface area contributed by atoms with Gasteiger partial charge in [0, 0.05) is 18.3 Å². The van der Waals surface area contributed by atoms with Gasteiger partial charge >= 0.3 is 0 Å². The summed E-state index contributed by atoms with van der Waals surface area (Å²) >= 11 is 0. The first kappa shape index (κ1) is 21.2. The van der Waals surface area contributed by atoms with E-state index >= 15 is 0 Å². The Bertz CT molecular complexity index is 957. The Labute approximate surface area is 164 Å². The molecule has 150 valence electrons. The monoisotopic (exact) mass is 383 g/mol. The van der Waals surface area contributed by atoms with Gasteiger partial charge in [0.1, 0.15) is 5.65 Å². The molecule has 7 heteroatoms. The van der Waals surface area contributed by atoms with E-state index in [1.807, 2.05) is 38.1 Å². The van der Waals surface area contributed by atoms with Gasteiger partial charge < -0.3 is 16.0 Å². The molecular weight excluding hydrogens is 354 g/mol. The number of nitrogens with zero attached hydrogens (tertiary/aromatic N) is 1. The van der Waals surface area contributed by atoms with Crippen molar-refractivity contribution < 1.29 is 4.79 Å². The number of hydrogen-bond acceptors (Lipinski definition) is 4. The lowest BCUT2D eigenvalue weighted by molar-refractivity contribution is 0.0953. The van der Waals surface area contributed by atoms with Gasteiger partial charge in [-0.05, 0) is 42.5 Å². The molecule has 7 nitrogen and oxygen atoms in total. The molecule has 0 aliphatic carbocycles. The Morgan fingerprint density at radius 3 is 2.57 bits per heavy atom. The number of nitrogens with one attached hydrogen (secondary N) is 3. The van der Waals surface area contributed by atoms with E-state index in [1.165, 1.54) is 0 Å². The third-order valence-corrected chi connectivity index (χ3v) is 4.36. The highest BCUT2D eigenvalue weighted by Gasteiger charge is 2.10. The minimum absolute atomic E-state index is 0.0446. The second-order valence-electron chi connectivity index (χ2n) is 6.30. The van der Waals surface area contributed by atoms with Crippen LogP contribution in [0.1, 0.15) is 55.1 Å². The summed E-state index contributed by atoms with van der Waals surface area (Å²) < 4.78 is 0. The molecule has 0 saturated heterocycles. The van der Waals surface area contributed by atoms with Crippen molar-refractivity contribution in [2.45, 2.75) is 46.5 Å². The zero-order valence-corrected chi connectivity index (χ0v) is 16.8. The summed E-state index contributed by atoms with van der Waals surface area (Å²) in [5, 5.41) is 3.45. The van der Waals surface area contributed by atoms with Crippen molar-refractivity contribution in [2.24, 2.45) is 0 Å². The van der Waals surface area contributed by atoms with Crippen LogP contribution in [0.4, 0.5) is 5.95 Å².